The van der Waals surface area contributed by atoms with Gasteiger partial charge in [-0.2, -0.15) is 7.05 Å². The average Bonchev–Trinajstić information content (AvgIpc) is 2.50. The number of nitrogens with zero attached hydrogens (tertiary/aromatic N) is 1. The lowest BCUT2D eigenvalue weighted by atomic mass is 10.3. The number of rotatable bonds is 3. The van der Waals surface area contributed by atoms with Gasteiger partial charge in [-0.15, -0.1) is 6.54 Å². The number of hydrogen-bond acceptors (Lipinski definition) is 1. The van der Waals surface area contributed by atoms with Gasteiger partial charge in [0.05, 0.1) is 0 Å². The van der Waals surface area contributed by atoms with Gasteiger partial charge in [0.1, 0.15) is 0 Å². The Hall–Kier alpha value is -0.0800. The van der Waals surface area contributed by atoms with E-state index < -0.39 is 0 Å². The van der Waals surface area contributed by atoms with Gasteiger partial charge in [-0.25, -0.2) is 0 Å². The van der Waals surface area contributed by atoms with Crippen molar-refractivity contribution >= 4 is 0 Å². The van der Waals surface area contributed by atoms with Gasteiger partial charge >= 0.3 is 0 Å². The van der Waals surface area contributed by atoms with Crippen molar-refractivity contribution in [1.29, 1.82) is 0 Å². The predicted octanol–water partition coefficient (Wildman–Crippen LogP) is 1.17. The normalized spacial score (nSPS) is 23.2. The van der Waals surface area contributed by atoms with Crippen LogP contribution in [0.5, 0.6) is 0 Å². The van der Waals surface area contributed by atoms with Crippen molar-refractivity contribution in [2.75, 3.05) is 20.7 Å². The van der Waals surface area contributed by atoms with E-state index in [0.717, 1.165) is 6.54 Å². The van der Waals surface area contributed by atoms with E-state index in [-0.39, 0.29) is 5.60 Å². The maximum atomic E-state index is 5.20. The highest BCUT2D eigenvalue weighted by Crippen LogP contribution is 2.39. The quantitative estimate of drug-likeness (QED) is 0.540. The number of methoxy groups -OCH3 is 1. The van der Waals surface area contributed by atoms with Crippen molar-refractivity contribution in [2.45, 2.75) is 18.4 Å². The van der Waals surface area contributed by atoms with Crippen LogP contribution in [-0.2, 0) is 4.74 Å². The van der Waals surface area contributed by atoms with Crippen molar-refractivity contribution < 1.29 is 4.74 Å². The maximum Gasteiger partial charge on any atom is 0.0494 e. The van der Waals surface area contributed by atoms with Crippen molar-refractivity contribution in [3.63, 3.8) is 0 Å². The van der Waals surface area contributed by atoms with E-state index in [1.807, 2.05) is 7.05 Å². The van der Waals surface area contributed by atoms with Gasteiger partial charge in [0, 0.05) is 12.7 Å². The zero-order chi connectivity index (χ0) is 6.04. The Morgan fingerprint density at radius 3 is 2.38 bits per heavy atom. The van der Waals surface area contributed by atoms with Crippen molar-refractivity contribution in [3.05, 3.63) is 5.32 Å². The molecule has 1 aliphatic rings. The molecule has 0 aromatic carbocycles. The Morgan fingerprint density at radius 1 is 1.62 bits per heavy atom. The summed E-state index contributed by atoms with van der Waals surface area (Å²) in [5.41, 5.74) is 0.175. The van der Waals surface area contributed by atoms with Crippen LogP contribution in [0.1, 0.15) is 12.8 Å². The Balaban J connectivity index is 2.20. The van der Waals surface area contributed by atoms with E-state index in [0.29, 0.717) is 0 Å². The third-order valence-corrected chi connectivity index (χ3v) is 1.69. The van der Waals surface area contributed by atoms with Crippen molar-refractivity contribution in [3.8, 4) is 0 Å². The van der Waals surface area contributed by atoms with E-state index in [2.05, 4.69) is 5.32 Å². The van der Waals surface area contributed by atoms with Gasteiger partial charge in [-0.3, -0.25) is 0 Å². The number of hydrogen-bond donors (Lipinski definition) is 0. The molecule has 8 heavy (non-hydrogen) atoms. The molecule has 0 atom stereocenters. The maximum absolute atomic E-state index is 5.20. The molecule has 0 aromatic rings. The zero-order valence-electron chi connectivity index (χ0n) is 5.48. The molecule has 0 spiro atoms. The fourth-order valence-electron chi connectivity index (χ4n) is 0.854. The van der Waals surface area contributed by atoms with Crippen LogP contribution in [-0.4, -0.2) is 26.3 Å². The molecule has 0 aromatic heterocycles. The first-order valence-electron chi connectivity index (χ1n) is 2.94. The minimum absolute atomic E-state index is 0.175. The van der Waals surface area contributed by atoms with E-state index in [1.165, 1.54) is 12.8 Å². The van der Waals surface area contributed by atoms with Crippen LogP contribution in [0.2, 0.25) is 0 Å². The summed E-state index contributed by atoms with van der Waals surface area (Å²) in [5, 5.41) is 4.02. The minimum Gasteiger partial charge on any atom is -0.663 e. The molecule has 0 heterocycles. The van der Waals surface area contributed by atoms with Gasteiger partial charge in [0.2, 0.25) is 0 Å². The summed E-state index contributed by atoms with van der Waals surface area (Å²) < 4.78 is 5.20. The van der Waals surface area contributed by atoms with Crippen LogP contribution in [0.15, 0.2) is 0 Å². The van der Waals surface area contributed by atoms with Crippen LogP contribution in [0.3, 0.4) is 0 Å². The molecule has 0 aliphatic heterocycles. The molecule has 0 amide bonds. The fourth-order valence-corrected chi connectivity index (χ4v) is 0.854. The molecular weight excluding hydrogens is 102 g/mol. The molecule has 1 rings (SSSR count). The summed E-state index contributed by atoms with van der Waals surface area (Å²) in [6.07, 6.45) is 2.39. The zero-order valence-corrected chi connectivity index (χ0v) is 5.48. The van der Waals surface area contributed by atoms with Crippen LogP contribution in [0.4, 0.5) is 0 Å². The standard InChI is InChI=1S/C6H12NO/c1-7-5-6(8-2)3-4-6/h3-5H2,1-2H3/q-1. The molecule has 0 radical (unpaired) electrons. The first-order chi connectivity index (χ1) is 3.83. The monoisotopic (exact) mass is 114 g/mol. The molecule has 1 fully saturated rings. The summed E-state index contributed by atoms with van der Waals surface area (Å²) in [4.78, 5) is 0. The highest BCUT2D eigenvalue weighted by Gasteiger charge is 2.38. The summed E-state index contributed by atoms with van der Waals surface area (Å²) >= 11 is 0. The van der Waals surface area contributed by atoms with Crippen molar-refractivity contribution in [2.24, 2.45) is 0 Å². The smallest absolute Gasteiger partial charge is 0.0494 e. The SMILES string of the molecule is C[N-]CC1(OC)CC1. The van der Waals surface area contributed by atoms with Gasteiger partial charge in [0.25, 0.3) is 0 Å². The summed E-state index contributed by atoms with van der Waals surface area (Å²) in [6.45, 7) is 0.878. The Kier molecular flexibility index (Phi) is 1.54. The molecule has 2 heteroatoms. The summed E-state index contributed by atoms with van der Waals surface area (Å²) in [5.74, 6) is 0. The van der Waals surface area contributed by atoms with Crippen LogP contribution < -0.4 is 0 Å². The number of ether oxygens (including phenoxy) is 1. The molecule has 0 N–H and O–H groups in total. The summed E-state index contributed by atoms with van der Waals surface area (Å²) in [6, 6.07) is 0. The molecule has 2 nitrogen and oxygen atoms in total. The molecule has 0 bridgehead atoms. The third-order valence-electron chi connectivity index (χ3n) is 1.69. The van der Waals surface area contributed by atoms with Crippen LogP contribution in [0, 0.1) is 0 Å². The highest BCUT2D eigenvalue weighted by atomic mass is 16.5. The van der Waals surface area contributed by atoms with Gasteiger partial charge in [-0.1, -0.05) is 0 Å². The van der Waals surface area contributed by atoms with E-state index >= 15 is 0 Å². The van der Waals surface area contributed by atoms with E-state index in [1.54, 1.807) is 7.11 Å². The number of likely N-dealkylation sites (N-methyl/N-ethyl adjacent to an activating group) is 1. The van der Waals surface area contributed by atoms with Crippen LogP contribution in [0.25, 0.3) is 5.32 Å². The molecule has 1 saturated carbocycles. The Morgan fingerprint density at radius 2 is 2.25 bits per heavy atom. The Bertz CT molecular complexity index is 78.6. The predicted molar refractivity (Wildman–Crippen MR) is 33.1 cm³/mol. The fraction of sp³-hybridized carbons (Fsp3) is 1.00. The first-order valence-corrected chi connectivity index (χ1v) is 2.94. The molecule has 48 valence electrons. The largest absolute Gasteiger partial charge is 0.663 e. The second-order valence-corrected chi connectivity index (χ2v) is 2.36. The lowest BCUT2D eigenvalue weighted by Gasteiger charge is -2.20. The molecule has 1 aliphatic carbocycles. The van der Waals surface area contributed by atoms with Crippen molar-refractivity contribution in [1.82, 2.24) is 0 Å². The lowest BCUT2D eigenvalue weighted by Crippen LogP contribution is -2.15. The molecule has 0 unspecified atom stereocenters. The summed E-state index contributed by atoms with van der Waals surface area (Å²) in [7, 11) is 3.59. The second kappa shape index (κ2) is 2.03. The topological polar surface area (TPSA) is 23.3 Å². The van der Waals surface area contributed by atoms with E-state index in [9.17, 15) is 0 Å². The Labute approximate surface area is 50.2 Å². The second-order valence-electron chi connectivity index (χ2n) is 2.36. The lowest BCUT2D eigenvalue weighted by molar-refractivity contribution is 0.0930. The van der Waals surface area contributed by atoms with E-state index in [4.69, 9.17) is 4.74 Å². The van der Waals surface area contributed by atoms with Gasteiger partial charge in [0.15, 0.2) is 0 Å². The van der Waals surface area contributed by atoms with Gasteiger partial charge in [-0.05, 0) is 12.8 Å². The van der Waals surface area contributed by atoms with Gasteiger partial charge < -0.3 is 10.1 Å². The highest BCUT2D eigenvalue weighted by molar-refractivity contribution is 5.03. The minimum atomic E-state index is 0.175. The molecule has 0 saturated heterocycles. The molecular formula is C6H12NO-. The average molecular weight is 114 g/mol. The first kappa shape index (κ1) is 6.05. The van der Waals surface area contributed by atoms with Crippen LogP contribution >= 0.6 is 0 Å². The third kappa shape index (κ3) is 1.01.